The summed E-state index contributed by atoms with van der Waals surface area (Å²) < 4.78 is 12.8. The predicted octanol–water partition coefficient (Wildman–Crippen LogP) is 2.17. The molecule has 1 fully saturated rings. The number of aromatic nitrogens is 4. The summed E-state index contributed by atoms with van der Waals surface area (Å²) in [5.41, 5.74) is 6.80. The lowest BCUT2D eigenvalue weighted by molar-refractivity contribution is 0.00770. The normalized spacial score (nSPS) is 17.0. The molecule has 0 aliphatic carbocycles. The Morgan fingerprint density at radius 3 is 3.15 bits per heavy atom. The number of pyridine rings is 1. The summed E-state index contributed by atoms with van der Waals surface area (Å²) in [4.78, 5) is 21.0. The van der Waals surface area contributed by atoms with Crippen LogP contribution in [0.25, 0.3) is 5.65 Å². The summed E-state index contributed by atoms with van der Waals surface area (Å²) in [5.74, 6) is 0.101. The Bertz CT molecular complexity index is 986. The lowest BCUT2D eigenvalue weighted by Gasteiger charge is -2.24. The number of nitrogens with two attached hydrogens (primary N) is 1. The van der Waals surface area contributed by atoms with Crippen molar-refractivity contribution < 1.29 is 14.3 Å². The Balaban J connectivity index is 1.59. The fraction of sp³-hybridized carbons (Fsp3) is 0.294. The van der Waals surface area contributed by atoms with Crippen LogP contribution in [-0.4, -0.2) is 44.8 Å². The van der Waals surface area contributed by atoms with Gasteiger partial charge in [-0.3, -0.25) is 9.78 Å². The van der Waals surface area contributed by atoms with Crippen molar-refractivity contribution in [3.63, 3.8) is 0 Å². The maximum Gasteiger partial charge on any atom is 0.263 e. The summed E-state index contributed by atoms with van der Waals surface area (Å²) in [6.07, 6.45) is 7.83. The van der Waals surface area contributed by atoms with E-state index in [1.165, 1.54) is 23.1 Å². The smallest absolute Gasteiger partial charge is 0.263 e. The zero-order chi connectivity index (χ0) is 18.8. The van der Waals surface area contributed by atoms with Crippen molar-refractivity contribution >= 4 is 34.7 Å². The number of rotatable bonds is 4. The highest BCUT2D eigenvalue weighted by Gasteiger charge is 2.22. The van der Waals surface area contributed by atoms with Crippen LogP contribution < -0.4 is 15.8 Å². The SMILES string of the molecule is Nc1nn2cc(Cl)cnc2c1C(=O)Nc1cnccc1OC1CCCOC1. The predicted molar refractivity (Wildman–Crippen MR) is 99.1 cm³/mol. The van der Waals surface area contributed by atoms with Crippen LogP contribution in [0.15, 0.2) is 30.9 Å². The number of nitrogens with zero attached hydrogens (tertiary/aromatic N) is 4. The van der Waals surface area contributed by atoms with Gasteiger partial charge >= 0.3 is 0 Å². The minimum Gasteiger partial charge on any atom is -0.486 e. The van der Waals surface area contributed by atoms with E-state index in [1.54, 1.807) is 12.3 Å². The quantitative estimate of drug-likeness (QED) is 0.703. The molecule has 4 rings (SSSR count). The summed E-state index contributed by atoms with van der Waals surface area (Å²) in [5, 5.41) is 7.24. The van der Waals surface area contributed by atoms with E-state index in [2.05, 4.69) is 20.4 Å². The van der Waals surface area contributed by atoms with E-state index in [0.29, 0.717) is 28.7 Å². The van der Waals surface area contributed by atoms with E-state index in [9.17, 15) is 4.79 Å². The topological polar surface area (TPSA) is 117 Å². The number of carbonyl (C=O) groups is 1. The molecule has 1 aliphatic rings. The largest absolute Gasteiger partial charge is 0.486 e. The first-order valence-corrected chi connectivity index (χ1v) is 8.79. The number of nitrogens with one attached hydrogen (secondary N) is 1. The molecule has 1 aliphatic heterocycles. The first kappa shape index (κ1) is 17.5. The van der Waals surface area contributed by atoms with Gasteiger partial charge in [0.2, 0.25) is 0 Å². The lowest BCUT2D eigenvalue weighted by atomic mass is 10.2. The molecule has 3 N–H and O–H groups in total. The first-order chi connectivity index (χ1) is 13.1. The van der Waals surface area contributed by atoms with E-state index in [-0.39, 0.29) is 17.5 Å². The van der Waals surface area contributed by atoms with E-state index < -0.39 is 5.91 Å². The number of halogens is 1. The van der Waals surface area contributed by atoms with Gasteiger partial charge < -0.3 is 20.5 Å². The summed E-state index contributed by atoms with van der Waals surface area (Å²) in [7, 11) is 0. The van der Waals surface area contributed by atoms with Gasteiger partial charge in [-0.25, -0.2) is 9.50 Å². The number of ether oxygens (including phenoxy) is 2. The number of hydrogen-bond donors (Lipinski definition) is 2. The fourth-order valence-electron chi connectivity index (χ4n) is 2.89. The summed E-state index contributed by atoms with van der Waals surface area (Å²) in [6.45, 7) is 1.26. The van der Waals surface area contributed by atoms with Crippen LogP contribution in [0.1, 0.15) is 23.2 Å². The summed E-state index contributed by atoms with van der Waals surface area (Å²) >= 11 is 5.90. The van der Waals surface area contributed by atoms with Crippen LogP contribution in [0.3, 0.4) is 0 Å². The molecule has 3 aromatic rings. The van der Waals surface area contributed by atoms with Gasteiger partial charge in [0.15, 0.2) is 11.5 Å². The van der Waals surface area contributed by atoms with Crippen LogP contribution >= 0.6 is 11.6 Å². The third-order valence-electron chi connectivity index (χ3n) is 4.14. The zero-order valence-corrected chi connectivity index (χ0v) is 15.0. The van der Waals surface area contributed by atoms with Crippen molar-refractivity contribution in [1.82, 2.24) is 19.6 Å². The Morgan fingerprint density at radius 2 is 2.33 bits per heavy atom. The monoisotopic (exact) mass is 388 g/mol. The van der Waals surface area contributed by atoms with Gasteiger partial charge in [-0.2, -0.15) is 0 Å². The van der Waals surface area contributed by atoms with Crippen molar-refractivity contribution in [3.8, 4) is 5.75 Å². The van der Waals surface area contributed by atoms with Crippen LogP contribution in [0, 0.1) is 0 Å². The molecule has 1 saturated heterocycles. The molecule has 3 aromatic heterocycles. The van der Waals surface area contributed by atoms with E-state index in [0.717, 1.165) is 19.4 Å². The van der Waals surface area contributed by atoms with Crippen LogP contribution in [0.4, 0.5) is 11.5 Å². The number of anilines is 2. The van der Waals surface area contributed by atoms with Crippen molar-refractivity contribution in [1.29, 1.82) is 0 Å². The third kappa shape index (κ3) is 3.64. The van der Waals surface area contributed by atoms with Crippen molar-refractivity contribution in [3.05, 3.63) is 41.4 Å². The maximum atomic E-state index is 12.8. The average Bonchev–Trinajstić information content (AvgIpc) is 2.99. The molecular weight excluding hydrogens is 372 g/mol. The van der Waals surface area contributed by atoms with Crippen LogP contribution in [-0.2, 0) is 4.74 Å². The van der Waals surface area contributed by atoms with Gasteiger partial charge in [0.25, 0.3) is 5.91 Å². The van der Waals surface area contributed by atoms with Crippen molar-refractivity contribution in [2.45, 2.75) is 18.9 Å². The second-order valence-electron chi connectivity index (χ2n) is 6.08. The molecule has 4 heterocycles. The maximum absolute atomic E-state index is 12.8. The average molecular weight is 389 g/mol. The van der Waals surface area contributed by atoms with Gasteiger partial charge in [0.1, 0.15) is 23.1 Å². The molecule has 0 spiro atoms. The van der Waals surface area contributed by atoms with E-state index >= 15 is 0 Å². The van der Waals surface area contributed by atoms with Gasteiger partial charge in [-0.15, -0.1) is 5.10 Å². The Hall–Kier alpha value is -2.91. The molecule has 9 nitrogen and oxygen atoms in total. The zero-order valence-electron chi connectivity index (χ0n) is 14.3. The number of carbonyl (C=O) groups excluding carboxylic acids is 1. The molecule has 1 unspecified atom stereocenters. The standard InChI is InChI=1S/C17H17ClN6O3/c18-10-6-21-16-14(15(19)23-24(16)8-10)17(25)22-12-7-20-4-3-13(12)27-11-2-1-5-26-9-11/h3-4,6-8,11H,1-2,5,9H2,(H2,19,23)(H,22,25). The molecule has 10 heteroatoms. The molecule has 140 valence electrons. The molecule has 0 bridgehead atoms. The van der Waals surface area contributed by atoms with Gasteiger partial charge in [0.05, 0.1) is 24.0 Å². The number of nitrogen functional groups attached to an aromatic ring is 1. The van der Waals surface area contributed by atoms with Crippen molar-refractivity contribution in [2.24, 2.45) is 0 Å². The Morgan fingerprint density at radius 1 is 1.44 bits per heavy atom. The Kier molecular flexibility index (Phi) is 4.78. The third-order valence-corrected chi connectivity index (χ3v) is 4.33. The molecule has 0 saturated carbocycles. The molecule has 1 amide bonds. The minimum atomic E-state index is -0.463. The molecule has 1 atom stereocenters. The minimum absolute atomic E-state index is 0.0503. The van der Waals surface area contributed by atoms with Gasteiger partial charge in [-0.1, -0.05) is 11.6 Å². The van der Waals surface area contributed by atoms with Crippen molar-refractivity contribution in [2.75, 3.05) is 24.3 Å². The van der Waals surface area contributed by atoms with Gasteiger partial charge in [-0.05, 0) is 12.8 Å². The molecule has 0 radical (unpaired) electrons. The highest BCUT2D eigenvalue weighted by atomic mass is 35.5. The molecule has 27 heavy (non-hydrogen) atoms. The number of amides is 1. The highest BCUT2D eigenvalue weighted by Crippen LogP contribution is 2.27. The number of hydrogen-bond acceptors (Lipinski definition) is 7. The second kappa shape index (κ2) is 7.37. The fourth-order valence-corrected chi connectivity index (χ4v) is 3.04. The first-order valence-electron chi connectivity index (χ1n) is 8.41. The van der Waals surface area contributed by atoms with Crippen LogP contribution in [0.5, 0.6) is 5.75 Å². The van der Waals surface area contributed by atoms with E-state index in [1.807, 2.05) is 0 Å². The van der Waals surface area contributed by atoms with E-state index in [4.69, 9.17) is 26.8 Å². The molecule has 0 aromatic carbocycles. The molecular formula is C17H17ClN6O3. The highest BCUT2D eigenvalue weighted by molar-refractivity contribution is 6.30. The number of fused-ring (bicyclic) bond motifs is 1. The second-order valence-corrected chi connectivity index (χ2v) is 6.52. The summed E-state index contributed by atoms with van der Waals surface area (Å²) in [6, 6.07) is 1.70. The Labute approximate surface area is 159 Å². The van der Waals surface area contributed by atoms with Gasteiger partial charge in [0, 0.05) is 25.1 Å². The lowest BCUT2D eigenvalue weighted by Crippen LogP contribution is -2.28. The van der Waals surface area contributed by atoms with Crippen LogP contribution in [0.2, 0.25) is 5.02 Å².